The summed E-state index contributed by atoms with van der Waals surface area (Å²) in [5.74, 6) is 3.68. The Kier molecular flexibility index (Phi) is 6.03. The van der Waals surface area contributed by atoms with Gasteiger partial charge in [0.2, 0.25) is 0 Å². The summed E-state index contributed by atoms with van der Waals surface area (Å²) in [7, 11) is 0. The Morgan fingerprint density at radius 1 is 0.964 bits per heavy atom. The van der Waals surface area contributed by atoms with E-state index in [2.05, 4.69) is 13.8 Å². The lowest BCUT2D eigenvalue weighted by atomic mass is 9.45. The molecular weight excluding hydrogens is 348 g/mol. The van der Waals surface area contributed by atoms with Crippen LogP contribution in [0.2, 0.25) is 0 Å². The highest BCUT2D eigenvalue weighted by molar-refractivity contribution is 5.79. The van der Waals surface area contributed by atoms with Crippen LogP contribution >= 0.6 is 0 Å². The Bertz CT molecular complexity index is 586. The summed E-state index contributed by atoms with van der Waals surface area (Å²) < 4.78 is 6.45. The predicted octanol–water partition coefficient (Wildman–Crippen LogP) is 5.74. The zero-order chi connectivity index (χ0) is 19.8. The fourth-order valence-electron chi connectivity index (χ4n) is 8.00. The Balaban J connectivity index is 1.38. The van der Waals surface area contributed by atoms with Crippen LogP contribution in [-0.4, -0.2) is 24.8 Å². The SMILES string of the molecule is C[C@]12CCC(=O)C[C@@H]1CC[C@H]1C3CC[C@H](OCCCCCC=O)[C@@]3(C)CC[C@@H]12. The number of hydrogen-bond donors (Lipinski definition) is 0. The van der Waals surface area contributed by atoms with E-state index in [9.17, 15) is 9.59 Å². The van der Waals surface area contributed by atoms with E-state index in [-0.39, 0.29) is 0 Å². The highest BCUT2D eigenvalue weighted by atomic mass is 16.5. The molecule has 0 bridgehead atoms. The first-order valence-corrected chi connectivity index (χ1v) is 12.1. The van der Waals surface area contributed by atoms with Crippen LogP contribution in [0.1, 0.15) is 97.3 Å². The molecular formula is C25H40O3. The molecule has 4 aliphatic rings. The minimum absolute atomic E-state index is 0.359. The normalized spacial score (nSPS) is 45.2. The maximum atomic E-state index is 12.0. The molecule has 0 aliphatic heterocycles. The zero-order valence-electron chi connectivity index (χ0n) is 18.1. The van der Waals surface area contributed by atoms with E-state index in [1.54, 1.807) is 0 Å². The number of carbonyl (C=O) groups excluding carboxylic acids is 2. The van der Waals surface area contributed by atoms with E-state index < -0.39 is 0 Å². The first kappa shape index (κ1) is 20.6. The number of rotatable bonds is 7. The van der Waals surface area contributed by atoms with E-state index in [4.69, 9.17) is 4.74 Å². The van der Waals surface area contributed by atoms with Crippen molar-refractivity contribution >= 4 is 12.1 Å². The lowest BCUT2D eigenvalue weighted by Crippen LogP contribution is -2.54. The molecule has 3 nitrogen and oxygen atoms in total. The Morgan fingerprint density at radius 2 is 1.79 bits per heavy atom. The molecule has 4 aliphatic carbocycles. The topological polar surface area (TPSA) is 43.4 Å². The minimum atomic E-state index is 0.359. The van der Waals surface area contributed by atoms with E-state index in [0.29, 0.717) is 35.1 Å². The van der Waals surface area contributed by atoms with Gasteiger partial charge >= 0.3 is 0 Å². The van der Waals surface area contributed by atoms with Crippen molar-refractivity contribution in [3.63, 3.8) is 0 Å². The van der Waals surface area contributed by atoms with Gasteiger partial charge in [0.15, 0.2) is 0 Å². The quantitative estimate of drug-likeness (QED) is 0.412. The van der Waals surface area contributed by atoms with Crippen LogP contribution in [0.25, 0.3) is 0 Å². The molecule has 4 fully saturated rings. The van der Waals surface area contributed by atoms with E-state index in [1.165, 1.54) is 38.5 Å². The van der Waals surface area contributed by atoms with Crippen molar-refractivity contribution in [1.82, 2.24) is 0 Å². The van der Waals surface area contributed by atoms with Gasteiger partial charge in [-0.15, -0.1) is 0 Å². The van der Waals surface area contributed by atoms with Gasteiger partial charge in [0.05, 0.1) is 6.10 Å². The molecule has 0 spiro atoms. The summed E-state index contributed by atoms with van der Waals surface area (Å²) in [5.41, 5.74) is 0.771. The molecule has 4 saturated carbocycles. The van der Waals surface area contributed by atoms with Crippen molar-refractivity contribution in [1.29, 1.82) is 0 Å². The number of unbranched alkanes of at least 4 members (excludes halogenated alkanes) is 3. The van der Waals surface area contributed by atoms with Gasteiger partial charge in [-0.3, -0.25) is 4.79 Å². The molecule has 0 saturated heterocycles. The van der Waals surface area contributed by atoms with Crippen LogP contribution in [0.3, 0.4) is 0 Å². The molecule has 0 amide bonds. The number of hydrogen-bond acceptors (Lipinski definition) is 3. The van der Waals surface area contributed by atoms with Gasteiger partial charge in [-0.05, 0) is 92.3 Å². The van der Waals surface area contributed by atoms with Crippen LogP contribution < -0.4 is 0 Å². The van der Waals surface area contributed by atoms with Crippen molar-refractivity contribution < 1.29 is 14.3 Å². The Hall–Kier alpha value is -0.700. The summed E-state index contributed by atoms with van der Waals surface area (Å²) in [6.45, 7) is 5.92. The average molecular weight is 389 g/mol. The average Bonchev–Trinajstić information content (AvgIpc) is 3.01. The number of Topliss-reactive ketones (excluding diaryl/α,β-unsaturated/α-hetero) is 1. The van der Waals surface area contributed by atoms with Gasteiger partial charge < -0.3 is 9.53 Å². The van der Waals surface area contributed by atoms with Crippen molar-refractivity contribution in [3.8, 4) is 0 Å². The minimum Gasteiger partial charge on any atom is -0.378 e. The van der Waals surface area contributed by atoms with E-state index in [0.717, 1.165) is 69.2 Å². The van der Waals surface area contributed by atoms with Crippen LogP contribution in [0.15, 0.2) is 0 Å². The maximum absolute atomic E-state index is 12.0. The van der Waals surface area contributed by atoms with Gasteiger partial charge in [0, 0.05) is 25.9 Å². The summed E-state index contributed by atoms with van der Waals surface area (Å²) in [5, 5.41) is 0. The standard InChI is InChI=1S/C25H40O3/c1-24-13-11-19(27)17-18(24)7-8-20-21-9-10-23(25(21,2)14-12-22(20)24)28-16-6-4-3-5-15-26/h15,18,20-23H,3-14,16-17H2,1-2H3/t18-,20-,21?,22-,23-,24-,25-/m0/s1. The zero-order valence-corrected chi connectivity index (χ0v) is 18.1. The summed E-state index contributed by atoms with van der Waals surface area (Å²) in [6, 6.07) is 0. The van der Waals surface area contributed by atoms with Crippen molar-refractivity contribution in [3.05, 3.63) is 0 Å². The molecule has 0 aromatic heterocycles. The maximum Gasteiger partial charge on any atom is 0.133 e. The third kappa shape index (κ3) is 3.50. The molecule has 28 heavy (non-hydrogen) atoms. The number of ether oxygens (including phenoxy) is 1. The fraction of sp³-hybridized carbons (Fsp3) is 0.920. The van der Waals surface area contributed by atoms with Gasteiger partial charge in [0.25, 0.3) is 0 Å². The molecule has 158 valence electrons. The summed E-state index contributed by atoms with van der Waals surface area (Å²) in [4.78, 5) is 22.5. The summed E-state index contributed by atoms with van der Waals surface area (Å²) >= 11 is 0. The molecule has 4 rings (SSSR count). The second kappa shape index (κ2) is 8.20. The first-order chi connectivity index (χ1) is 13.5. The van der Waals surface area contributed by atoms with E-state index >= 15 is 0 Å². The number of ketones is 1. The molecule has 7 atom stereocenters. The predicted molar refractivity (Wildman–Crippen MR) is 111 cm³/mol. The number of fused-ring (bicyclic) bond motifs is 5. The third-order valence-corrected chi connectivity index (χ3v) is 9.68. The van der Waals surface area contributed by atoms with Gasteiger partial charge in [-0.2, -0.15) is 0 Å². The van der Waals surface area contributed by atoms with Crippen molar-refractivity contribution in [2.24, 2.45) is 34.5 Å². The largest absolute Gasteiger partial charge is 0.378 e. The molecule has 0 radical (unpaired) electrons. The molecule has 0 aromatic carbocycles. The fourth-order valence-corrected chi connectivity index (χ4v) is 8.00. The molecule has 1 unspecified atom stereocenters. The van der Waals surface area contributed by atoms with Gasteiger partial charge in [0.1, 0.15) is 12.1 Å². The lowest BCUT2D eigenvalue weighted by Gasteiger charge is -2.60. The molecule has 0 aromatic rings. The van der Waals surface area contributed by atoms with Crippen LogP contribution in [0.5, 0.6) is 0 Å². The third-order valence-electron chi connectivity index (χ3n) is 9.68. The van der Waals surface area contributed by atoms with Gasteiger partial charge in [-0.1, -0.05) is 20.3 Å². The Labute approximate surface area is 171 Å². The van der Waals surface area contributed by atoms with Crippen LogP contribution in [-0.2, 0) is 14.3 Å². The van der Waals surface area contributed by atoms with E-state index in [1.807, 2.05) is 0 Å². The smallest absolute Gasteiger partial charge is 0.133 e. The monoisotopic (exact) mass is 388 g/mol. The van der Waals surface area contributed by atoms with Crippen LogP contribution in [0, 0.1) is 34.5 Å². The highest BCUT2D eigenvalue weighted by Crippen LogP contribution is 2.66. The number of aldehydes is 1. The second-order valence-electron chi connectivity index (χ2n) is 10.9. The first-order valence-electron chi connectivity index (χ1n) is 12.1. The second-order valence-corrected chi connectivity index (χ2v) is 10.9. The highest BCUT2D eigenvalue weighted by Gasteiger charge is 2.60. The molecule has 0 N–H and O–H groups in total. The van der Waals surface area contributed by atoms with Gasteiger partial charge in [-0.25, -0.2) is 0 Å². The molecule has 0 heterocycles. The van der Waals surface area contributed by atoms with Crippen LogP contribution in [0.4, 0.5) is 0 Å². The summed E-state index contributed by atoms with van der Waals surface area (Å²) in [6.07, 6.45) is 16.0. The molecule has 3 heteroatoms. The lowest BCUT2D eigenvalue weighted by molar-refractivity contribution is -0.145. The number of carbonyl (C=O) groups is 2. The van der Waals surface area contributed by atoms with Crippen molar-refractivity contribution in [2.75, 3.05) is 6.61 Å². The Morgan fingerprint density at radius 3 is 2.61 bits per heavy atom. The van der Waals surface area contributed by atoms with Crippen molar-refractivity contribution in [2.45, 2.75) is 103 Å².